The molecule has 1 aliphatic rings. The molecular weight excluding hydrogens is 462 g/mol. The van der Waals surface area contributed by atoms with Crippen LogP contribution in [0, 0.1) is 20.8 Å². The van der Waals surface area contributed by atoms with E-state index in [-0.39, 0.29) is 26.6 Å². The standard InChI is InChI=1S/C24H21NO6S2/c1-16-4-9-19(10-5-16)32(27,28)25-23(22-14-18(3)8-13-21(22)24(25)26)15-31-33(29,30)20-11-6-17(2)7-12-20/h4-15H,1-3H3/b23-15+. The van der Waals surface area contributed by atoms with E-state index in [9.17, 15) is 21.6 Å². The van der Waals surface area contributed by atoms with Crippen LogP contribution in [0.2, 0.25) is 0 Å². The zero-order valence-corrected chi connectivity index (χ0v) is 19.8. The lowest BCUT2D eigenvalue weighted by Gasteiger charge is -2.18. The molecule has 0 fully saturated rings. The number of amides is 1. The molecule has 3 aromatic rings. The summed E-state index contributed by atoms with van der Waals surface area (Å²) in [6, 6.07) is 16.9. The van der Waals surface area contributed by atoms with E-state index in [1.165, 1.54) is 30.3 Å². The third-order valence-electron chi connectivity index (χ3n) is 5.24. The number of nitrogens with zero attached hydrogens (tertiary/aromatic N) is 1. The summed E-state index contributed by atoms with van der Waals surface area (Å²) < 4.78 is 57.9. The minimum Gasteiger partial charge on any atom is -0.385 e. The number of carbonyl (C=O) groups excluding carboxylic acids is 1. The van der Waals surface area contributed by atoms with E-state index in [1.54, 1.807) is 43.3 Å². The van der Waals surface area contributed by atoms with Crippen LogP contribution in [0.3, 0.4) is 0 Å². The maximum absolute atomic E-state index is 13.4. The van der Waals surface area contributed by atoms with Crippen molar-refractivity contribution in [2.24, 2.45) is 0 Å². The van der Waals surface area contributed by atoms with Gasteiger partial charge in [0.05, 0.1) is 10.5 Å². The lowest BCUT2D eigenvalue weighted by atomic mass is 10.1. The van der Waals surface area contributed by atoms with Gasteiger partial charge >= 0.3 is 10.1 Å². The molecule has 0 radical (unpaired) electrons. The molecular formula is C24H21NO6S2. The molecule has 1 aliphatic heterocycles. The predicted octanol–water partition coefficient (Wildman–Crippen LogP) is 4.16. The van der Waals surface area contributed by atoms with Crippen molar-refractivity contribution < 1.29 is 25.8 Å². The van der Waals surface area contributed by atoms with Crippen molar-refractivity contribution in [2.75, 3.05) is 0 Å². The molecule has 0 unspecified atom stereocenters. The minimum atomic E-state index is -4.33. The molecule has 1 heterocycles. The third kappa shape index (κ3) is 4.17. The molecule has 0 saturated heterocycles. The van der Waals surface area contributed by atoms with E-state index in [4.69, 9.17) is 4.18 Å². The highest BCUT2D eigenvalue weighted by molar-refractivity contribution is 7.90. The van der Waals surface area contributed by atoms with Crippen LogP contribution in [0.5, 0.6) is 0 Å². The second-order valence-corrected chi connectivity index (χ2v) is 11.2. The lowest BCUT2D eigenvalue weighted by Crippen LogP contribution is -2.31. The second-order valence-electron chi connectivity index (χ2n) is 7.80. The Hall–Kier alpha value is -3.43. The summed E-state index contributed by atoms with van der Waals surface area (Å²) in [5, 5.41) is 0. The van der Waals surface area contributed by atoms with E-state index < -0.39 is 26.0 Å². The highest BCUT2D eigenvalue weighted by Gasteiger charge is 2.42. The Kier molecular flexibility index (Phi) is 5.63. The van der Waals surface area contributed by atoms with Gasteiger partial charge in [0, 0.05) is 5.56 Å². The van der Waals surface area contributed by atoms with Crippen LogP contribution < -0.4 is 0 Å². The molecule has 0 N–H and O–H groups in total. The van der Waals surface area contributed by atoms with E-state index in [0.717, 1.165) is 23.0 Å². The average Bonchev–Trinajstić information content (AvgIpc) is 3.04. The van der Waals surface area contributed by atoms with Gasteiger partial charge < -0.3 is 4.18 Å². The zero-order valence-electron chi connectivity index (χ0n) is 18.1. The van der Waals surface area contributed by atoms with Gasteiger partial charge in [0.2, 0.25) is 0 Å². The van der Waals surface area contributed by atoms with Crippen LogP contribution in [0.25, 0.3) is 5.70 Å². The summed E-state index contributed by atoms with van der Waals surface area (Å²) in [6.07, 6.45) is 0.810. The number of carbonyl (C=O) groups is 1. The Morgan fingerprint density at radius 1 is 0.697 bits per heavy atom. The summed E-state index contributed by atoms with van der Waals surface area (Å²) in [4.78, 5) is 12.9. The first kappa shape index (κ1) is 22.8. The SMILES string of the molecule is Cc1ccc(S(=O)(=O)O/C=C2\c3cc(C)ccc3C(=O)N2S(=O)(=O)c2ccc(C)cc2)cc1. The molecule has 0 saturated carbocycles. The summed E-state index contributed by atoms with van der Waals surface area (Å²) in [7, 11) is -8.57. The minimum absolute atomic E-state index is 0.0910. The Morgan fingerprint density at radius 3 is 1.79 bits per heavy atom. The van der Waals surface area contributed by atoms with Crippen molar-refractivity contribution in [1.29, 1.82) is 0 Å². The quantitative estimate of drug-likeness (QED) is 0.399. The molecule has 0 aromatic heterocycles. The van der Waals surface area contributed by atoms with Crippen LogP contribution >= 0.6 is 0 Å². The monoisotopic (exact) mass is 483 g/mol. The molecule has 0 bridgehead atoms. The number of sulfonamides is 1. The lowest BCUT2D eigenvalue weighted by molar-refractivity contribution is 0.0916. The van der Waals surface area contributed by atoms with E-state index >= 15 is 0 Å². The summed E-state index contributed by atoms with van der Waals surface area (Å²) in [5.74, 6) is -0.784. The zero-order chi connectivity index (χ0) is 24.0. The van der Waals surface area contributed by atoms with Gasteiger partial charge in [-0.15, -0.1) is 0 Å². The molecule has 170 valence electrons. The topological polar surface area (TPSA) is 97.8 Å². The molecule has 4 rings (SSSR count). The van der Waals surface area contributed by atoms with Gasteiger partial charge in [0.1, 0.15) is 16.9 Å². The molecule has 0 aliphatic carbocycles. The van der Waals surface area contributed by atoms with Gasteiger partial charge in [-0.1, -0.05) is 47.0 Å². The molecule has 1 amide bonds. The average molecular weight is 484 g/mol. The van der Waals surface area contributed by atoms with Crippen LogP contribution in [-0.2, 0) is 24.3 Å². The second kappa shape index (κ2) is 8.17. The molecule has 3 aromatic carbocycles. The number of aryl methyl sites for hydroxylation is 3. The smallest absolute Gasteiger partial charge is 0.338 e. The van der Waals surface area contributed by atoms with E-state index in [1.807, 2.05) is 13.8 Å². The highest BCUT2D eigenvalue weighted by atomic mass is 32.2. The van der Waals surface area contributed by atoms with Gasteiger partial charge in [-0.2, -0.15) is 12.7 Å². The predicted molar refractivity (Wildman–Crippen MR) is 123 cm³/mol. The summed E-state index contributed by atoms with van der Waals surface area (Å²) in [5.41, 5.74) is 2.73. The van der Waals surface area contributed by atoms with Crippen LogP contribution in [0.1, 0.15) is 32.6 Å². The van der Waals surface area contributed by atoms with Gasteiger partial charge in [-0.05, 0) is 57.2 Å². The Labute approximate surface area is 193 Å². The van der Waals surface area contributed by atoms with E-state index in [0.29, 0.717) is 4.31 Å². The fraction of sp³-hybridized carbons (Fsp3) is 0.125. The van der Waals surface area contributed by atoms with Crippen molar-refractivity contribution >= 4 is 31.7 Å². The van der Waals surface area contributed by atoms with Crippen LogP contribution in [0.4, 0.5) is 0 Å². The Bertz CT molecular complexity index is 1490. The number of rotatable bonds is 5. The molecule has 7 nitrogen and oxygen atoms in total. The fourth-order valence-electron chi connectivity index (χ4n) is 3.42. The molecule has 0 atom stereocenters. The first-order valence-corrected chi connectivity index (χ1v) is 12.8. The first-order chi connectivity index (χ1) is 15.5. The van der Waals surface area contributed by atoms with Crippen molar-refractivity contribution in [2.45, 2.75) is 30.6 Å². The van der Waals surface area contributed by atoms with Gasteiger partial charge in [0.25, 0.3) is 15.9 Å². The largest absolute Gasteiger partial charge is 0.385 e. The number of benzene rings is 3. The number of hydrogen-bond donors (Lipinski definition) is 0. The summed E-state index contributed by atoms with van der Waals surface area (Å²) >= 11 is 0. The Morgan fingerprint density at radius 2 is 1.21 bits per heavy atom. The molecule has 33 heavy (non-hydrogen) atoms. The van der Waals surface area contributed by atoms with Gasteiger partial charge in [0.15, 0.2) is 0 Å². The number of hydrogen-bond acceptors (Lipinski definition) is 6. The van der Waals surface area contributed by atoms with Gasteiger partial charge in [-0.25, -0.2) is 8.42 Å². The first-order valence-electron chi connectivity index (χ1n) is 9.98. The van der Waals surface area contributed by atoms with Gasteiger partial charge in [-0.3, -0.25) is 4.79 Å². The van der Waals surface area contributed by atoms with Crippen molar-refractivity contribution in [1.82, 2.24) is 4.31 Å². The third-order valence-corrected chi connectivity index (χ3v) is 8.15. The normalized spacial score (nSPS) is 15.1. The van der Waals surface area contributed by atoms with Crippen LogP contribution in [-0.4, -0.2) is 27.0 Å². The maximum Gasteiger partial charge on any atom is 0.338 e. The number of fused-ring (bicyclic) bond motifs is 1. The fourth-order valence-corrected chi connectivity index (χ4v) is 5.63. The van der Waals surface area contributed by atoms with Crippen LogP contribution in [0.15, 0.2) is 82.8 Å². The highest BCUT2D eigenvalue weighted by Crippen LogP contribution is 2.38. The van der Waals surface area contributed by atoms with Crippen molar-refractivity contribution in [3.63, 3.8) is 0 Å². The molecule has 9 heteroatoms. The van der Waals surface area contributed by atoms with Crippen molar-refractivity contribution in [3.8, 4) is 0 Å². The summed E-state index contributed by atoms with van der Waals surface area (Å²) in [6.45, 7) is 5.41. The van der Waals surface area contributed by atoms with Crippen molar-refractivity contribution in [3.05, 3.63) is 101 Å². The Balaban J connectivity index is 1.83. The van der Waals surface area contributed by atoms with E-state index in [2.05, 4.69) is 0 Å². The molecule has 0 spiro atoms. The maximum atomic E-state index is 13.4.